The Kier molecular flexibility index (Phi) is 2.74. The predicted octanol–water partition coefficient (Wildman–Crippen LogP) is 3.50. The van der Waals surface area contributed by atoms with Crippen LogP contribution in [0, 0.1) is 0 Å². The lowest BCUT2D eigenvalue weighted by molar-refractivity contribution is 0.409. The van der Waals surface area contributed by atoms with Crippen LogP contribution < -0.4 is 0 Å². The first-order valence-corrected chi connectivity index (χ1v) is 4.51. The van der Waals surface area contributed by atoms with Gasteiger partial charge in [0.25, 0.3) is 0 Å². The molecule has 0 bridgehead atoms. The Morgan fingerprint density at radius 1 is 1.17 bits per heavy atom. The standard InChI is InChI=1S/C11H16O/c1-4-9-6-7-10(5-2)11(9)8(3)12/h6-7,12H,4-5H2,1-3H3. The summed E-state index contributed by atoms with van der Waals surface area (Å²) in [5, 5.41) is 9.45. The lowest BCUT2D eigenvalue weighted by Gasteiger charge is -2.08. The van der Waals surface area contributed by atoms with E-state index >= 15 is 0 Å². The molecule has 1 aliphatic carbocycles. The van der Waals surface area contributed by atoms with Gasteiger partial charge in [0.2, 0.25) is 0 Å². The Morgan fingerprint density at radius 3 is 1.83 bits per heavy atom. The van der Waals surface area contributed by atoms with Crippen LogP contribution in [0.5, 0.6) is 0 Å². The van der Waals surface area contributed by atoms with Crippen LogP contribution in [0.4, 0.5) is 0 Å². The van der Waals surface area contributed by atoms with Crippen molar-refractivity contribution in [3.8, 4) is 0 Å². The molecule has 0 aliphatic heterocycles. The second-order valence-corrected chi connectivity index (χ2v) is 3.05. The second-order valence-electron chi connectivity index (χ2n) is 3.05. The number of rotatable bonds is 2. The van der Waals surface area contributed by atoms with E-state index in [1.54, 1.807) is 6.92 Å². The van der Waals surface area contributed by atoms with Crippen molar-refractivity contribution in [2.24, 2.45) is 0 Å². The van der Waals surface area contributed by atoms with E-state index in [1.807, 2.05) is 0 Å². The third kappa shape index (κ3) is 1.45. The summed E-state index contributed by atoms with van der Waals surface area (Å²) < 4.78 is 0. The van der Waals surface area contributed by atoms with Crippen molar-refractivity contribution in [3.63, 3.8) is 0 Å². The molecule has 12 heavy (non-hydrogen) atoms. The molecule has 0 heterocycles. The van der Waals surface area contributed by atoms with Crippen LogP contribution in [0.3, 0.4) is 0 Å². The highest BCUT2D eigenvalue weighted by atomic mass is 16.3. The first-order valence-electron chi connectivity index (χ1n) is 4.51. The minimum Gasteiger partial charge on any atom is -0.512 e. The van der Waals surface area contributed by atoms with Gasteiger partial charge in [0.05, 0.1) is 5.76 Å². The number of aliphatic hydroxyl groups is 1. The predicted molar refractivity (Wildman–Crippen MR) is 52.1 cm³/mol. The maximum atomic E-state index is 9.45. The molecular formula is C11H16O. The molecule has 0 aromatic carbocycles. The molecule has 0 unspecified atom stereocenters. The van der Waals surface area contributed by atoms with E-state index in [0.717, 1.165) is 18.4 Å². The molecule has 0 atom stereocenters. The Hall–Kier alpha value is -0.980. The molecule has 0 saturated carbocycles. The SMILES string of the molecule is CCC1=CC=C(CC)C1=C(C)O. The Labute approximate surface area is 74.1 Å². The smallest absolute Gasteiger partial charge is 0.0969 e. The summed E-state index contributed by atoms with van der Waals surface area (Å²) in [6.45, 7) is 5.98. The van der Waals surface area contributed by atoms with E-state index in [0.29, 0.717) is 5.76 Å². The van der Waals surface area contributed by atoms with Gasteiger partial charge >= 0.3 is 0 Å². The topological polar surface area (TPSA) is 20.2 Å². The van der Waals surface area contributed by atoms with Crippen LogP contribution in [-0.4, -0.2) is 5.11 Å². The van der Waals surface area contributed by atoms with E-state index in [4.69, 9.17) is 0 Å². The molecule has 0 aromatic heterocycles. The molecule has 66 valence electrons. The van der Waals surface area contributed by atoms with Crippen LogP contribution >= 0.6 is 0 Å². The van der Waals surface area contributed by atoms with Gasteiger partial charge in [0, 0.05) is 5.57 Å². The Balaban J connectivity index is 3.00. The fraction of sp³-hybridized carbons (Fsp3) is 0.455. The monoisotopic (exact) mass is 164 g/mol. The highest BCUT2D eigenvalue weighted by Crippen LogP contribution is 2.31. The number of hydrogen-bond acceptors (Lipinski definition) is 1. The van der Waals surface area contributed by atoms with Crippen molar-refractivity contribution in [2.75, 3.05) is 0 Å². The summed E-state index contributed by atoms with van der Waals surface area (Å²) in [6.07, 6.45) is 6.20. The molecule has 1 nitrogen and oxygen atoms in total. The van der Waals surface area contributed by atoms with E-state index < -0.39 is 0 Å². The van der Waals surface area contributed by atoms with Gasteiger partial charge in [0.15, 0.2) is 0 Å². The minimum atomic E-state index is 0.453. The average molecular weight is 164 g/mol. The van der Waals surface area contributed by atoms with E-state index in [9.17, 15) is 5.11 Å². The van der Waals surface area contributed by atoms with Gasteiger partial charge in [-0.15, -0.1) is 0 Å². The van der Waals surface area contributed by atoms with Crippen molar-refractivity contribution in [1.29, 1.82) is 0 Å². The minimum absolute atomic E-state index is 0.453. The fourth-order valence-electron chi connectivity index (χ4n) is 1.63. The summed E-state index contributed by atoms with van der Waals surface area (Å²) in [4.78, 5) is 0. The average Bonchev–Trinajstić information content (AvgIpc) is 2.46. The lowest BCUT2D eigenvalue weighted by atomic mass is 9.99. The first-order chi connectivity index (χ1) is 5.70. The molecule has 0 amide bonds. The van der Waals surface area contributed by atoms with Crippen molar-refractivity contribution >= 4 is 0 Å². The van der Waals surface area contributed by atoms with Crippen molar-refractivity contribution in [1.82, 2.24) is 0 Å². The van der Waals surface area contributed by atoms with Crippen LogP contribution in [0.15, 0.2) is 34.6 Å². The summed E-state index contributed by atoms with van der Waals surface area (Å²) in [7, 11) is 0. The van der Waals surface area contributed by atoms with Gasteiger partial charge < -0.3 is 5.11 Å². The van der Waals surface area contributed by atoms with Crippen molar-refractivity contribution in [2.45, 2.75) is 33.6 Å². The van der Waals surface area contributed by atoms with Gasteiger partial charge in [-0.1, -0.05) is 26.0 Å². The van der Waals surface area contributed by atoms with Gasteiger partial charge in [-0.2, -0.15) is 0 Å². The van der Waals surface area contributed by atoms with E-state index in [1.165, 1.54) is 11.1 Å². The molecule has 0 radical (unpaired) electrons. The van der Waals surface area contributed by atoms with E-state index in [2.05, 4.69) is 26.0 Å². The number of allylic oxidation sites excluding steroid dienone is 6. The molecule has 1 heteroatoms. The molecule has 0 aromatic rings. The van der Waals surface area contributed by atoms with Crippen molar-refractivity contribution in [3.05, 3.63) is 34.6 Å². The van der Waals surface area contributed by atoms with Crippen LogP contribution in [0.25, 0.3) is 0 Å². The summed E-state index contributed by atoms with van der Waals surface area (Å²) in [5.41, 5.74) is 3.58. The summed E-state index contributed by atoms with van der Waals surface area (Å²) in [6, 6.07) is 0. The normalized spacial score (nSPS) is 16.1. The van der Waals surface area contributed by atoms with Crippen LogP contribution in [0.2, 0.25) is 0 Å². The zero-order chi connectivity index (χ0) is 9.14. The van der Waals surface area contributed by atoms with Gasteiger partial charge in [-0.05, 0) is 30.9 Å². The van der Waals surface area contributed by atoms with Gasteiger partial charge in [0.1, 0.15) is 0 Å². The quantitative estimate of drug-likeness (QED) is 0.619. The maximum absolute atomic E-state index is 9.45. The molecular weight excluding hydrogens is 148 g/mol. The van der Waals surface area contributed by atoms with Gasteiger partial charge in [-0.3, -0.25) is 0 Å². The zero-order valence-corrected chi connectivity index (χ0v) is 8.02. The molecule has 1 aliphatic rings. The van der Waals surface area contributed by atoms with E-state index in [-0.39, 0.29) is 0 Å². The van der Waals surface area contributed by atoms with Crippen LogP contribution in [-0.2, 0) is 0 Å². The highest BCUT2D eigenvalue weighted by molar-refractivity contribution is 5.55. The number of aliphatic hydroxyl groups excluding tert-OH is 1. The Morgan fingerprint density at radius 2 is 1.58 bits per heavy atom. The number of hydrogen-bond donors (Lipinski definition) is 1. The molecule has 0 saturated heterocycles. The fourth-order valence-corrected chi connectivity index (χ4v) is 1.63. The first kappa shape index (κ1) is 9.11. The van der Waals surface area contributed by atoms with Gasteiger partial charge in [-0.25, -0.2) is 0 Å². The molecule has 0 fully saturated rings. The molecule has 1 rings (SSSR count). The molecule has 0 spiro atoms. The second kappa shape index (κ2) is 3.61. The summed E-state index contributed by atoms with van der Waals surface area (Å²) >= 11 is 0. The van der Waals surface area contributed by atoms with Crippen molar-refractivity contribution < 1.29 is 5.11 Å². The lowest BCUT2D eigenvalue weighted by Crippen LogP contribution is -1.92. The van der Waals surface area contributed by atoms with Crippen LogP contribution in [0.1, 0.15) is 33.6 Å². The third-order valence-corrected chi connectivity index (χ3v) is 2.25. The maximum Gasteiger partial charge on any atom is 0.0969 e. The summed E-state index contributed by atoms with van der Waals surface area (Å²) in [5.74, 6) is 0.453. The zero-order valence-electron chi connectivity index (χ0n) is 8.02. The largest absolute Gasteiger partial charge is 0.512 e. The molecule has 1 N–H and O–H groups in total. The highest BCUT2D eigenvalue weighted by Gasteiger charge is 2.14. The third-order valence-electron chi connectivity index (χ3n) is 2.25. The Bertz CT molecular complexity index is 241.